The number of thioether (sulfide) groups is 1. The topological polar surface area (TPSA) is 15.3 Å². The van der Waals surface area contributed by atoms with Crippen molar-refractivity contribution in [1.29, 1.82) is 0 Å². The summed E-state index contributed by atoms with van der Waals surface area (Å²) in [4.78, 5) is 2.79. The van der Waals surface area contributed by atoms with Gasteiger partial charge in [0.1, 0.15) is 0 Å². The predicted molar refractivity (Wildman–Crippen MR) is 89.1 cm³/mol. The van der Waals surface area contributed by atoms with Gasteiger partial charge in [-0.1, -0.05) is 34.1 Å². The number of hydrogen-bond donors (Lipinski definition) is 1. The maximum Gasteiger partial charge on any atom is 0.0247 e. The predicted octanol–water partition coefficient (Wildman–Crippen LogP) is 3.62. The molecule has 2 nitrogen and oxygen atoms in total. The molecule has 114 valence electrons. The van der Waals surface area contributed by atoms with E-state index in [1.165, 1.54) is 43.9 Å². The smallest absolute Gasteiger partial charge is 0.0247 e. The van der Waals surface area contributed by atoms with Gasteiger partial charge in [-0.05, 0) is 37.2 Å². The summed E-state index contributed by atoms with van der Waals surface area (Å²) in [5, 5.41) is 3.76. The van der Waals surface area contributed by atoms with Crippen LogP contribution in [-0.2, 0) is 0 Å². The fraction of sp³-hybridized carbons (Fsp3) is 1.00. The number of piperazine rings is 1. The van der Waals surface area contributed by atoms with Crippen LogP contribution in [0.3, 0.4) is 0 Å². The molecule has 1 saturated heterocycles. The Balaban J connectivity index is 2.54. The van der Waals surface area contributed by atoms with E-state index in [1.807, 2.05) is 0 Å². The van der Waals surface area contributed by atoms with Crippen LogP contribution in [0.2, 0.25) is 0 Å². The molecule has 0 aromatic carbocycles. The second-order valence-corrected chi connectivity index (χ2v) is 7.63. The van der Waals surface area contributed by atoms with Gasteiger partial charge in [0, 0.05) is 31.2 Å². The van der Waals surface area contributed by atoms with Crippen LogP contribution in [0.15, 0.2) is 0 Å². The first-order valence-electron chi connectivity index (χ1n) is 8.16. The van der Waals surface area contributed by atoms with Crippen molar-refractivity contribution in [3.8, 4) is 0 Å². The van der Waals surface area contributed by atoms with Crippen molar-refractivity contribution >= 4 is 11.8 Å². The highest BCUT2D eigenvalue weighted by Gasteiger charge is 2.31. The standard InChI is InChI=1S/C16H34N2S/c1-6-8-15-12-18(14(5)9-10-19-7-2)16(11-17-15)13(3)4/h13-17H,6-12H2,1-5H3. The molecule has 0 aliphatic carbocycles. The Bertz CT molecular complexity index is 233. The molecule has 1 fully saturated rings. The molecular weight excluding hydrogens is 252 g/mol. The third-order valence-electron chi connectivity index (χ3n) is 4.33. The van der Waals surface area contributed by atoms with Gasteiger partial charge in [-0.2, -0.15) is 11.8 Å². The van der Waals surface area contributed by atoms with Crippen LogP contribution in [0, 0.1) is 5.92 Å². The summed E-state index contributed by atoms with van der Waals surface area (Å²) in [5.74, 6) is 3.31. The van der Waals surface area contributed by atoms with Crippen molar-refractivity contribution in [3.05, 3.63) is 0 Å². The second kappa shape index (κ2) is 9.25. The van der Waals surface area contributed by atoms with Crippen LogP contribution in [0.4, 0.5) is 0 Å². The molecule has 1 aliphatic rings. The SMILES string of the molecule is CCCC1CN(C(C)CCSCC)C(C(C)C)CN1. The van der Waals surface area contributed by atoms with Crippen molar-refractivity contribution in [2.45, 2.75) is 72.0 Å². The summed E-state index contributed by atoms with van der Waals surface area (Å²) in [7, 11) is 0. The minimum absolute atomic E-state index is 0.710. The van der Waals surface area contributed by atoms with Gasteiger partial charge < -0.3 is 5.32 Å². The molecule has 0 aromatic rings. The van der Waals surface area contributed by atoms with Gasteiger partial charge in [-0.25, -0.2) is 0 Å². The van der Waals surface area contributed by atoms with E-state index in [0.29, 0.717) is 6.04 Å². The Morgan fingerprint density at radius 2 is 2.00 bits per heavy atom. The van der Waals surface area contributed by atoms with E-state index >= 15 is 0 Å². The van der Waals surface area contributed by atoms with Gasteiger partial charge >= 0.3 is 0 Å². The van der Waals surface area contributed by atoms with Crippen LogP contribution in [0.5, 0.6) is 0 Å². The second-order valence-electron chi connectivity index (χ2n) is 6.24. The Morgan fingerprint density at radius 3 is 2.58 bits per heavy atom. The molecule has 0 aromatic heterocycles. The fourth-order valence-corrected chi connectivity index (χ4v) is 3.89. The highest BCUT2D eigenvalue weighted by atomic mass is 32.2. The molecule has 0 amide bonds. The number of nitrogens with zero attached hydrogens (tertiary/aromatic N) is 1. The Morgan fingerprint density at radius 1 is 1.26 bits per heavy atom. The van der Waals surface area contributed by atoms with E-state index in [0.717, 1.165) is 18.0 Å². The quantitative estimate of drug-likeness (QED) is 0.686. The Labute approximate surface area is 125 Å². The van der Waals surface area contributed by atoms with Gasteiger partial charge in [0.2, 0.25) is 0 Å². The summed E-state index contributed by atoms with van der Waals surface area (Å²) in [6.07, 6.45) is 3.94. The zero-order valence-electron chi connectivity index (χ0n) is 13.6. The summed E-state index contributed by atoms with van der Waals surface area (Å²) in [6, 6.07) is 2.16. The van der Waals surface area contributed by atoms with E-state index in [4.69, 9.17) is 0 Å². The van der Waals surface area contributed by atoms with Gasteiger partial charge in [0.15, 0.2) is 0 Å². The molecule has 0 spiro atoms. The summed E-state index contributed by atoms with van der Waals surface area (Å²) in [6.45, 7) is 14.1. The van der Waals surface area contributed by atoms with Gasteiger partial charge in [-0.15, -0.1) is 0 Å². The lowest BCUT2D eigenvalue weighted by Gasteiger charge is -2.45. The van der Waals surface area contributed by atoms with Crippen LogP contribution in [-0.4, -0.2) is 47.6 Å². The molecule has 1 rings (SSSR count). The van der Waals surface area contributed by atoms with Crippen molar-refractivity contribution in [2.75, 3.05) is 24.6 Å². The molecule has 1 aliphatic heterocycles. The zero-order chi connectivity index (χ0) is 14.3. The normalized spacial score (nSPS) is 26.8. The molecule has 0 saturated carbocycles. The van der Waals surface area contributed by atoms with Crippen LogP contribution in [0.25, 0.3) is 0 Å². The lowest BCUT2D eigenvalue weighted by molar-refractivity contribution is 0.0591. The van der Waals surface area contributed by atoms with Crippen molar-refractivity contribution < 1.29 is 0 Å². The third-order valence-corrected chi connectivity index (χ3v) is 5.26. The molecule has 3 unspecified atom stereocenters. The minimum atomic E-state index is 0.710. The molecule has 19 heavy (non-hydrogen) atoms. The van der Waals surface area contributed by atoms with E-state index in [2.05, 4.69) is 56.6 Å². The fourth-order valence-electron chi connectivity index (χ4n) is 3.09. The molecule has 1 N–H and O–H groups in total. The first-order chi connectivity index (χ1) is 9.10. The lowest BCUT2D eigenvalue weighted by Crippen LogP contribution is -2.60. The average molecular weight is 287 g/mol. The van der Waals surface area contributed by atoms with Crippen LogP contribution in [0.1, 0.15) is 53.9 Å². The van der Waals surface area contributed by atoms with Crippen molar-refractivity contribution in [1.82, 2.24) is 10.2 Å². The minimum Gasteiger partial charge on any atom is -0.311 e. The first-order valence-corrected chi connectivity index (χ1v) is 9.32. The van der Waals surface area contributed by atoms with Crippen LogP contribution < -0.4 is 5.32 Å². The van der Waals surface area contributed by atoms with Crippen molar-refractivity contribution in [2.24, 2.45) is 5.92 Å². The highest BCUT2D eigenvalue weighted by Crippen LogP contribution is 2.22. The number of rotatable bonds is 8. The largest absolute Gasteiger partial charge is 0.311 e. The molecule has 3 atom stereocenters. The zero-order valence-corrected chi connectivity index (χ0v) is 14.4. The lowest BCUT2D eigenvalue weighted by atomic mass is 9.95. The summed E-state index contributed by atoms with van der Waals surface area (Å²) >= 11 is 2.08. The molecule has 3 heteroatoms. The van der Waals surface area contributed by atoms with E-state index in [1.54, 1.807) is 0 Å². The highest BCUT2D eigenvalue weighted by molar-refractivity contribution is 7.99. The monoisotopic (exact) mass is 286 g/mol. The molecular formula is C16H34N2S. The molecule has 1 heterocycles. The van der Waals surface area contributed by atoms with Gasteiger partial charge in [-0.3, -0.25) is 4.90 Å². The van der Waals surface area contributed by atoms with Crippen molar-refractivity contribution in [3.63, 3.8) is 0 Å². The maximum absolute atomic E-state index is 3.76. The van der Waals surface area contributed by atoms with Crippen LogP contribution >= 0.6 is 11.8 Å². The summed E-state index contributed by atoms with van der Waals surface area (Å²) in [5.41, 5.74) is 0. The first kappa shape index (κ1) is 17.3. The average Bonchev–Trinajstić information content (AvgIpc) is 2.39. The van der Waals surface area contributed by atoms with Gasteiger partial charge in [0.05, 0.1) is 0 Å². The Kier molecular flexibility index (Phi) is 8.43. The van der Waals surface area contributed by atoms with E-state index in [9.17, 15) is 0 Å². The number of hydrogen-bond acceptors (Lipinski definition) is 3. The number of nitrogens with one attached hydrogen (secondary N) is 1. The maximum atomic E-state index is 3.76. The summed E-state index contributed by atoms with van der Waals surface area (Å²) < 4.78 is 0. The molecule has 0 radical (unpaired) electrons. The third kappa shape index (κ3) is 5.65. The van der Waals surface area contributed by atoms with E-state index in [-0.39, 0.29) is 0 Å². The molecule has 0 bridgehead atoms. The van der Waals surface area contributed by atoms with Gasteiger partial charge in [0.25, 0.3) is 0 Å². The Hall–Kier alpha value is 0.270. The van der Waals surface area contributed by atoms with E-state index < -0.39 is 0 Å².